The van der Waals surface area contributed by atoms with Crippen molar-refractivity contribution >= 4 is 44.8 Å². The highest BCUT2D eigenvalue weighted by atomic mass is 35.5. The largest absolute Gasteiger partial charge is 0.355 e. The zero-order valence-corrected chi connectivity index (χ0v) is 17.5. The molecule has 1 N–H and O–H groups in total. The van der Waals surface area contributed by atoms with E-state index in [9.17, 15) is 13.2 Å². The summed E-state index contributed by atoms with van der Waals surface area (Å²) in [5, 5.41) is 3.86. The molecule has 0 aliphatic heterocycles. The van der Waals surface area contributed by atoms with Crippen LogP contribution in [0.1, 0.15) is 17.5 Å². The van der Waals surface area contributed by atoms with Crippen molar-refractivity contribution in [3.63, 3.8) is 0 Å². The summed E-state index contributed by atoms with van der Waals surface area (Å²) < 4.78 is 25.4. The molecule has 0 aromatic heterocycles. The van der Waals surface area contributed by atoms with Crippen LogP contribution in [0.4, 0.5) is 5.69 Å². The molecule has 0 aliphatic carbocycles. The molecular formula is C19H22Cl2N2O3S. The fraction of sp³-hybridized carbons (Fsp3) is 0.316. The second-order valence-corrected chi connectivity index (χ2v) is 9.00. The smallest absolute Gasteiger partial charge is 0.240 e. The number of anilines is 1. The zero-order valence-electron chi connectivity index (χ0n) is 15.2. The van der Waals surface area contributed by atoms with Crippen molar-refractivity contribution in [1.29, 1.82) is 0 Å². The van der Waals surface area contributed by atoms with Gasteiger partial charge in [0.05, 0.1) is 11.9 Å². The molecular weight excluding hydrogens is 407 g/mol. The predicted octanol–water partition coefficient (Wildman–Crippen LogP) is 3.82. The number of rotatable bonds is 8. The van der Waals surface area contributed by atoms with E-state index in [1.165, 1.54) is 0 Å². The van der Waals surface area contributed by atoms with E-state index in [0.29, 0.717) is 28.7 Å². The lowest BCUT2D eigenvalue weighted by Gasteiger charge is -2.23. The number of amides is 1. The summed E-state index contributed by atoms with van der Waals surface area (Å²) in [4.78, 5) is 12.3. The Kier molecular flexibility index (Phi) is 7.53. The minimum absolute atomic E-state index is 0.299. The van der Waals surface area contributed by atoms with Crippen LogP contribution in [-0.4, -0.2) is 33.7 Å². The predicted molar refractivity (Wildman–Crippen MR) is 111 cm³/mol. The Morgan fingerprint density at radius 3 is 2.52 bits per heavy atom. The fourth-order valence-corrected chi connectivity index (χ4v) is 3.93. The molecule has 5 nitrogen and oxygen atoms in total. The molecule has 2 aromatic carbocycles. The molecule has 0 heterocycles. The monoisotopic (exact) mass is 428 g/mol. The fourth-order valence-electron chi connectivity index (χ4n) is 2.63. The van der Waals surface area contributed by atoms with E-state index in [0.717, 1.165) is 28.1 Å². The van der Waals surface area contributed by atoms with Gasteiger partial charge in [-0.1, -0.05) is 47.5 Å². The first-order valence-corrected chi connectivity index (χ1v) is 11.0. The van der Waals surface area contributed by atoms with Gasteiger partial charge in [-0.25, -0.2) is 8.42 Å². The zero-order chi connectivity index (χ0) is 20.0. The highest BCUT2D eigenvalue weighted by molar-refractivity contribution is 7.92. The van der Waals surface area contributed by atoms with Gasteiger partial charge in [0, 0.05) is 16.6 Å². The molecule has 0 radical (unpaired) electrons. The summed E-state index contributed by atoms with van der Waals surface area (Å²) in [6, 6.07) is 12.5. The van der Waals surface area contributed by atoms with Crippen molar-refractivity contribution in [2.45, 2.75) is 19.8 Å². The highest BCUT2D eigenvalue weighted by Gasteiger charge is 2.22. The van der Waals surface area contributed by atoms with E-state index < -0.39 is 10.0 Å². The average Bonchev–Trinajstić information content (AvgIpc) is 2.59. The standard InChI is InChI=1S/C19H22Cl2N2O3S/c1-14-9-10-16(20)12-18(14)23(27(2,25)26)13-19(24)22-11-5-7-15-6-3-4-8-17(15)21/h3-4,6,8-10,12H,5,7,11,13H2,1-2H3,(H,22,24). The quantitative estimate of drug-likeness (QED) is 0.649. The van der Waals surface area contributed by atoms with Crippen molar-refractivity contribution in [1.82, 2.24) is 5.32 Å². The van der Waals surface area contributed by atoms with Gasteiger partial charge in [-0.3, -0.25) is 9.10 Å². The number of nitrogens with one attached hydrogen (secondary N) is 1. The summed E-state index contributed by atoms with van der Waals surface area (Å²) in [6.07, 6.45) is 2.49. The lowest BCUT2D eigenvalue weighted by Crippen LogP contribution is -2.41. The molecule has 0 atom stereocenters. The molecule has 0 fully saturated rings. The third-order valence-electron chi connectivity index (χ3n) is 4.03. The highest BCUT2D eigenvalue weighted by Crippen LogP contribution is 2.26. The summed E-state index contributed by atoms with van der Waals surface area (Å²) in [6.45, 7) is 1.90. The number of halogens is 2. The molecule has 2 rings (SSSR count). The van der Waals surface area contributed by atoms with Gasteiger partial charge < -0.3 is 5.32 Å². The molecule has 0 spiro atoms. The first kappa shape index (κ1) is 21.5. The number of benzene rings is 2. The van der Waals surface area contributed by atoms with Gasteiger partial charge in [-0.2, -0.15) is 0 Å². The van der Waals surface area contributed by atoms with Crippen LogP contribution in [0, 0.1) is 6.92 Å². The van der Waals surface area contributed by atoms with Crippen LogP contribution in [0.3, 0.4) is 0 Å². The lowest BCUT2D eigenvalue weighted by atomic mass is 10.1. The molecule has 0 saturated carbocycles. The van der Waals surface area contributed by atoms with Crippen LogP contribution < -0.4 is 9.62 Å². The van der Waals surface area contributed by atoms with E-state index in [-0.39, 0.29) is 12.5 Å². The van der Waals surface area contributed by atoms with Crippen LogP contribution in [-0.2, 0) is 21.2 Å². The van der Waals surface area contributed by atoms with Crippen molar-refractivity contribution in [3.05, 3.63) is 63.6 Å². The number of carbonyl (C=O) groups is 1. The van der Waals surface area contributed by atoms with Crippen LogP contribution >= 0.6 is 23.2 Å². The second-order valence-electron chi connectivity index (χ2n) is 6.25. The Hall–Kier alpha value is -1.76. The Morgan fingerprint density at radius 2 is 1.85 bits per heavy atom. The minimum atomic E-state index is -3.64. The molecule has 0 saturated heterocycles. The summed E-state index contributed by atoms with van der Waals surface area (Å²) in [5.74, 6) is -0.376. The molecule has 0 bridgehead atoms. The van der Waals surface area contributed by atoms with Crippen molar-refractivity contribution in [3.8, 4) is 0 Å². The average molecular weight is 429 g/mol. The van der Waals surface area contributed by atoms with Gasteiger partial charge in [-0.05, 0) is 49.1 Å². The number of hydrogen-bond donors (Lipinski definition) is 1. The molecule has 27 heavy (non-hydrogen) atoms. The third-order valence-corrected chi connectivity index (χ3v) is 5.76. The molecule has 146 valence electrons. The van der Waals surface area contributed by atoms with Gasteiger partial charge in [0.1, 0.15) is 6.54 Å². The Labute approximate surface area is 170 Å². The van der Waals surface area contributed by atoms with Crippen molar-refractivity contribution < 1.29 is 13.2 Å². The number of sulfonamides is 1. The molecule has 0 aliphatic rings. The molecule has 8 heteroatoms. The van der Waals surface area contributed by atoms with Crippen LogP contribution in [0.5, 0.6) is 0 Å². The SMILES string of the molecule is Cc1ccc(Cl)cc1N(CC(=O)NCCCc1ccccc1Cl)S(C)(=O)=O. The van der Waals surface area contributed by atoms with Crippen LogP contribution in [0.2, 0.25) is 10.0 Å². The van der Waals surface area contributed by atoms with E-state index in [2.05, 4.69) is 5.32 Å². The maximum absolute atomic E-state index is 12.3. The summed E-state index contributed by atoms with van der Waals surface area (Å²) in [5.41, 5.74) is 2.13. The molecule has 1 amide bonds. The third kappa shape index (κ3) is 6.41. The summed E-state index contributed by atoms with van der Waals surface area (Å²) in [7, 11) is -3.64. The van der Waals surface area contributed by atoms with Crippen molar-refractivity contribution in [2.24, 2.45) is 0 Å². The Bertz CT molecular complexity index is 917. The Balaban J connectivity index is 1.96. The molecule has 2 aromatic rings. The van der Waals surface area contributed by atoms with Gasteiger partial charge in [0.2, 0.25) is 15.9 Å². The number of carbonyl (C=O) groups excluding carboxylic acids is 1. The lowest BCUT2D eigenvalue weighted by molar-refractivity contribution is -0.119. The van der Waals surface area contributed by atoms with Gasteiger partial charge >= 0.3 is 0 Å². The first-order chi connectivity index (χ1) is 12.7. The van der Waals surface area contributed by atoms with E-state index in [1.54, 1.807) is 25.1 Å². The minimum Gasteiger partial charge on any atom is -0.355 e. The number of hydrogen-bond acceptors (Lipinski definition) is 3. The van der Waals surface area contributed by atoms with Crippen LogP contribution in [0.25, 0.3) is 0 Å². The number of nitrogens with zero attached hydrogens (tertiary/aromatic N) is 1. The summed E-state index contributed by atoms with van der Waals surface area (Å²) >= 11 is 12.1. The van der Waals surface area contributed by atoms with E-state index in [1.807, 2.05) is 24.3 Å². The van der Waals surface area contributed by atoms with E-state index in [4.69, 9.17) is 23.2 Å². The normalized spacial score (nSPS) is 11.3. The number of aryl methyl sites for hydroxylation is 2. The topological polar surface area (TPSA) is 66.5 Å². The van der Waals surface area contributed by atoms with Crippen molar-refractivity contribution in [2.75, 3.05) is 23.7 Å². The van der Waals surface area contributed by atoms with Crippen LogP contribution in [0.15, 0.2) is 42.5 Å². The maximum atomic E-state index is 12.3. The second kappa shape index (κ2) is 9.44. The van der Waals surface area contributed by atoms with Gasteiger partial charge in [0.15, 0.2) is 0 Å². The van der Waals surface area contributed by atoms with Gasteiger partial charge in [-0.15, -0.1) is 0 Å². The van der Waals surface area contributed by atoms with Gasteiger partial charge in [0.25, 0.3) is 0 Å². The van der Waals surface area contributed by atoms with E-state index >= 15 is 0 Å². The molecule has 0 unspecified atom stereocenters. The Morgan fingerprint density at radius 1 is 1.15 bits per heavy atom. The maximum Gasteiger partial charge on any atom is 0.240 e. The first-order valence-electron chi connectivity index (χ1n) is 8.42.